The van der Waals surface area contributed by atoms with Crippen LogP contribution in [0.3, 0.4) is 0 Å². The van der Waals surface area contributed by atoms with Gasteiger partial charge in [0.25, 0.3) is 0 Å². The van der Waals surface area contributed by atoms with Gasteiger partial charge in [-0.15, -0.1) is 0 Å². The lowest BCUT2D eigenvalue weighted by Gasteiger charge is -2.16. The summed E-state index contributed by atoms with van der Waals surface area (Å²) in [6.07, 6.45) is 0.758. The van der Waals surface area contributed by atoms with E-state index >= 15 is 0 Å². The van der Waals surface area contributed by atoms with E-state index < -0.39 is 10.0 Å². The highest BCUT2D eigenvalue weighted by Gasteiger charge is 2.20. The fourth-order valence-electron chi connectivity index (χ4n) is 1.79. The maximum Gasteiger partial charge on any atom is 0.241 e. The number of ether oxygens (including phenoxy) is 1. The number of nitrogens with one attached hydrogen (secondary N) is 1. The molecule has 0 saturated carbocycles. The predicted molar refractivity (Wildman–Crippen MR) is 77.2 cm³/mol. The lowest BCUT2D eigenvalue weighted by atomic mass is 10.1. The van der Waals surface area contributed by atoms with E-state index in [-0.39, 0.29) is 6.04 Å². The molecule has 0 saturated heterocycles. The van der Waals surface area contributed by atoms with Gasteiger partial charge in [-0.1, -0.05) is 6.92 Å². The van der Waals surface area contributed by atoms with Crippen LogP contribution in [0.15, 0.2) is 17.0 Å². The molecule has 0 amide bonds. The molecule has 1 aromatic carbocycles. The third-order valence-corrected chi connectivity index (χ3v) is 4.98. The highest BCUT2D eigenvalue weighted by molar-refractivity contribution is 7.89. The van der Waals surface area contributed by atoms with Crippen LogP contribution in [0.1, 0.15) is 38.3 Å². The third kappa shape index (κ3) is 3.70. The Morgan fingerprint density at radius 3 is 2.37 bits per heavy atom. The monoisotopic (exact) mass is 285 g/mol. The maximum absolute atomic E-state index is 12.3. The summed E-state index contributed by atoms with van der Waals surface area (Å²) in [7, 11) is -3.46. The Bertz CT molecular complexity index is 538. The van der Waals surface area contributed by atoms with Crippen LogP contribution in [0.5, 0.6) is 5.75 Å². The van der Waals surface area contributed by atoms with Crippen molar-refractivity contribution in [1.29, 1.82) is 0 Å². The van der Waals surface area contributed by atoms with Crippen molar-refractivity contribution in [1.82, 2.24) is 4.72 Å². The number of benzene rings is 1. The summed E-state index contributed by atoms with van der Waals surface area (Å²) in [5.74, 6) is 0.738. The molecule has 0 bridgehead atoms. The minimum atomic E-state index is -3.46. The first-order valence-corrected chi connectivity index (χ1v) is 8.07. The number of sulfonamides is 1. The van der Waals surface area contributed by atoms with Crippen LogP contribution in [0.25, 0.3) is 0 Å². The van der Waals surface area contributed by atoms with E-state index in [2.05, 4.69) is 4.72 Å². The van der Waals surface area contributed by atoms with Gasteiger partial charge in [-0.3, -0.25) is 0 Å². The summed E-state index contributed by atoms with van der Waals surface area (Å²) in [4.78, 5) is 0.328. The van der Waals surface area contributed by atoms with E-state index in [1.807, 2.05) is 34.6 Å². The van der Waals surface area contributed by atoms with Gasteiger partial charge in [0.05, 0.1) is 11.5 Å². The number of rotatable bonds is 6. The molecule has 1 atom stereocenters. The van der Waals surface area contributed by atoms with Gasteiger partial charge in [0.1, 0.15) is 5.75 Å². The normalized spacial score (nSPS) is 13.3. The van der Waals surface area contributed by atoms with Crippen LogP contribution in [0.2, 0.25) is 0 Å². The SMILES string of the molecule is CCOc1ccc(S(=O)(=O)N[C@H](C)CC)c(C)c1C. The molecule has 0 spiro atoms. The van der Waals surface area contributed by atoms with Gasteiger partial charge in [-0.05, 0) is 57.4 Å². The van der Waals surface area contributed by atoms with Gasteiger partial charge in [0.2, 0.25) is 10.0 Å². The van der Waals surface area contributed by atoms with Crippen LogP contribution in [-0.4, -0.2) is 21.1 Å². The highest BCUT2D eigenvalue weighted by Crippen LogP contribution is 2.27. The lowest BCUT2D eigenvalue weighted by molar-refractivity contribution is 0.337. The fraction of sp³-hybridized carbons (Fsp3) is 0.571. The van der Waals surface area contributed by atoms with Crippen LogP contribution in [-0.2, 0) is 10.0 Å². The minimum Gasteiger partial charge on any atom is -0.494 e. The molecule has 0 aliphatic carbocycles. The molecule has 4 nitrogen and oxygen atoms in total. The average molecular weight is 285 g/mol. The van der Waals surface area contributed by atoms with Crippen LogP contribution in [0, 0.1) is 13.8 Å². The summed E-state index contributed by atoms with van der Waals surface area (Å²) in [5, 5.41) is 0. The molecule has 108 valence electrons. The molecule has 0 aromatic heterocycles. The molecular formula is C14H23NO3S. The van der Waals surface area contributed by atoms with E-state index in [1.54, 1.807) is 12.1 Å². The second kappa shape index (κ2) is 6.39. The Hall–Kier alpha value is -1.07. The van der Waals surface area contributed by atoms with Crippen LogP contribution >= 0.6 is 0 Å². The van der Waals surface area contributed by atoms with Gasteiger partial charge >= 0.3 is 0 Å². The topological polar surface area (TPSA) is 55.4 Å². The second-order valence-electron chi connectivity index (χ2n) is 4.68. The number of hydrogen-bond donors (Lipinski definition) is 1. The van der Waals surface area contributed by atoms with E-state index in [1.165, 1.54) is 0 Å². The lowest BCUT2D eigenvalue weighted by Crippen LogP contribution is -2.32. The smallest absolute Gasteiger partial charge is 0.241 e. The van der Waals surface area contributed by atoms with Crippen molar-refractivity contribution in [3.63, 3.8) is 0 Å². The summed E-state index contributed by atoms with van der Waals surface area (Å²) < 4.78 is 32.7. The molecule has 0 radical (unpaired) electrons. The first-order chi connectivity index (χ1) is 8.83. The summed E-state index contributed by atoms with van der Waals surface area (Å²) in [6.45, 7) is 9.96. The largest absolute Gasteiger partial charge is 0.494 e. The Kier molecular flexibility index (Phi) is 5.38. The Labute approximate surface area is 116 Å². The van der Waals surface area contributed by atoms with E-state index in [0.717, 1.165) is 23.3 Å². The molecule has 0 fully saturated rings. The molecule has 0 heterocycles. The molecule has 1 rings (SSSR count). The third-order valence-electron chi connectivity index (χ3n) is 3.25. The summed E-state index contributed by atoms with van der Waals surface area (Å²) >= 11 is 0. The zero-order valence-electron chi connectivity index (χ0n) is 12.3. The van der Waals surface area contributed by atoms with Crippen molar-refractivity contribution in [3.8, 4) is 5.75 Å². The van der Waals surface area contributed by atoms with Crippen LogP contribution < -0.4 is 9.46 Å². The second-order valence-corrected chi connectivity index (χ2v) is 6.36. The summed E-state index contributed by atoms with van der Waals surface area (Å²) in [5.41, 5.74) is 1.61. The maximum atomic E-state index is 12.3. The van der Waals surface area contributed by atoms with Crippen LogP contribution in [0.4, 0.5) is 0 Å². The van der Waals surface area contributed by atoms with Gasteiger partial charge in [-0.25, -0.2) is 13.1 Å². The Morgan fingerprint density at radius 1 is 1.21 bits per heavy atom. The van der Waals surface area contributed by atoms with Crippen molar-refractivity contribution in [2.24, 2.45) is 0 Å². The summed E-state index contributed by atoms with van der Waals surface area (Å²) in [6, 6.07) is 3.26. The quantitative estimate of drug-likeness (QED) is 0.874. The van der Waals surface area contributed by atoms with Gasteiger partial charge in [0, 0.05) is 6.04 Å². The first-order valence-electron chi connectivity index (χ1n) is 6.58. The molecule has 0 aliphatic rings. The van der Waals surface area contributed by atoms with Crippen molar-refractivity contribution in [2.45, 2.75) is 52.0 Å². The number of hydrogen-bond acceptors (Lipinski definition) is 3. The molecule has 1 N–H and O–H groups in total. The van der Waals surface area contributed by atoms with E-state index in [4.69, 9.17) is 4.74 Å². The average Bonchev–Trinajstić information content (AvgIpc) is 2.34. The van der Waals surface area contributed by atoms with Crippen molar-refractivity contribution >= 4 is 10.0 Å². The Morgan fingerprint density at radius 2 is 1.84 bits per heavy atom. The zero-order chi connectivity index (χ0) is 14.6. The zero-order valence-corrected chi connectivity index (χ0v) is 13.1. The minimum absolute atomic E-state index is 0.0729. The van der Waals surface area contributed by atoms with Gasteiger partial charge < -0.3 is 4.74 Å². The fourth-order valence-corrected chi connectivity index (χ4v) is 3.41. The highest BCUT2D eigenvalue weighted by atomic mass is 32.2. The molecule has 19 heavy (non-hydrogen) atoms. The molecule has 0 aliphatic heterocycles. The molecule has 1 aromatic rings. The van der Waals surface area contributed by atoms with Gasteiger partial charge in [-0.2, -0.15) is 0 Å². The van der Waals surface area contributed by atoms with Gasteiger partial charge in [0.15, 0.2) is 0 Å². The molecular weight excluding hydrogens is 262 g/mol. The first kappa shape index (κ1) is 16.0. The van der Waals surface area contributed by atoms with Crippen molar-refractivity contribution in [2.75, 3.05) is 6.61 Å². The molecule has 0 unspecified atom stereocenters. The standard InChI is InChI=1S/C14H23NO3S/c1-6-10(3)15-19(16,17)14-9-8-13(18-7-2)11(4)12(14)5/h8-10,15H,6-7H2,1-5H3/t10-/m1/s1. The predicted octanol–water partition coefficient (Wildman–Crippen LogP) is 2.78. The van der Waals surface area contributed by atoms with E-state index in [9.17, 15) is 8.42 Å². The molecule has 5 heteroatoms. The van der Waals surface area contributed by atoms with E-state index in [0.29, 0.717) is 11.5 Å². The van der Waals surface area contributed by atoms with Crippen molar-refractivity contribution in [3.05, 3.63) is 23.3 Å². The van der Waals surface area contributed by atoms with Crippen molar-refractivity contribution < 1.29 is 13.2 Å². The Balaban J connectivity index is 3.18.